The number of hydrazine groups is 1. The fourth-order valence-electron chi connectivity index (χ4n) is 1.99. The standard InChI is InChI=1S/C12H19N3O.C6H10N6O/c1-9(2)15-12(16)11-6-4-10(5-7-11)8-14-13-3;1-12(2)11-10-6-4(5(7)13)8-3-9-6/h4-7,9,13-14H,8H2,1-3H3,(H,15,16);3H,1-2H3,(H2,7,13)(H,8,9). The first-order chi connectivity index (χ1) is 13.7. The molecule has 0 aliphatic heterocycles. The number of carbonyl (C=O) groups is 2. The molecule has 11 heteroatoms. The Balaban J connectivity index is 0.000000296. The van der Waals surface area contributed by atoms with Crippen LogP contribution in [0.2, 0.25) is 0 Å². The van der Waals surface area contributed by atoms with Crippen LogP contribution < -0.4 is 21.9 Å². The quantitative estimate of drug-likeness (QED) is 0.329. The summed E-state index contributed by atoms with van der Waals surface area (Å²) in [5.41, 5.74) is 12.9. The second kappa shape index (κ2) is 12.2. The summed E-state index contributed by atoms with van der Waals surface area (Å²) in [4.78, 5) is 28.7. The maximum Gasteiger partial charge on any atom is 0.269 e. The van der Waals surface area contributed by atoms with E-state index in [1.165, 1.54) is 11.3 Å². The normalized spacial score (nSPS) is 10.6. The molecule has 1 heterocycles. The summed E-state index contributed by atoms with van der Waals surface area (Å²) < 4.78 is 0. The summed E-state index contributed by atoms with van der Waals surface area (Å²) >= 11 is 0. The van der Waals surface area contributed by atoms with E-state index in [1.807, 2.05) is 45.2 Å². The van der Waals surface area contributed by atoms with Crippen LogP contribution in [-0.2, 0) is 6.54 Å². The molecule has 0 aliphatic carbocycles. The molecule has 0 unspecified atom stereocenters. The Labute approximate surface area is 170 Å². The minimum Gasteiger partial charge on any atom is -0.364 e. The average Bonchev–Trinajstić information content (AvgIpc) is 3.14. The first kappa shape index (κ1) is 23.7. The van der Waals surface area contributed by atoms with Gasteiger partial charge in [-0.3, -0.25) is 25.4 Å². The van der Waals surface area contributed by atoms with E-state index < -0.39 is 5.91 Å². The Hall–Kier alpha value is -3.31. The number of primary amides is 1. The van der Waals surface area contributed by atoms with Gasteiger partial charge in [-0.25, -0.2) is 4.98 Å². The lowest BCUT2D eigenvalue weighted by Crippen LogP contribution is -2.30. The fraction of sp³-hybridized carbons (Fsp3) is 0.389. The number of nitrogens with zero attached hydrogens (tertiary/aromatic N) is 4. The molecule has 0 bridgehead atoms. The van der Waals surface area contributed by atoms with Gasteiger partial charge in [0.05, 0.1) is 6.33 Å². The summed E-state index contributed by atoms with van der Waals surface area (Å²) in [6, 6.07) is 7.73. The third-order valence-corrected chi connectivity index (χ3v) is 3.29. The highest BCUT2D eigenvalue weighted by molar-refractivity contribution is 5.95. The van der Waals surface area contributed by atoms with Gasteiger partial charge in [-0.2, -0.15) is 0 Å². The highest BCUT2D eigenvalue weighted by Crippen LogP contribution is 2.12. The Morgan fingerprint density at radius 2 is 1.90 bits per heavy atom. The molecule has 0 fully saturated rings. The van der Waals surface area contributed by atoms with E-state index in [0.29, 0.717) is 5.56 Å². The molecule has 2 amide bonds. The number of amides is 2. The smallest absolute Gasteiger partial charge is 0.269 e. The van der Waals surface area contributed by atoms with E-state index in [4.69, 9.17) is 5.73 Å². The maximum absolute atomic E-state index is 11.6. The number of nitrogens with one attached hydrogen (secondary N) is 4. The summed E-state index contributed by atoms with van der Waals surface area (Å²) in [7, 11) is 5.24. The summed E-state index contributed by atoms with van der Waals surface area (Å²) in [6.07, 6.45) is 1.34. The van der Waals surface area contributed by atoms with Gasteiger partial charge >= 0.3 is 0 Å². The van der Waals surface area contributed by atoms with E-state index >= 15 is 0 Å². The Morgan fingerprint density at radius 3 is 2.41 bits per heavy atom. The molecule has 1 aromatic heterocycles. The van der Waals surface area contributed by atoms with Crippen molar-refractivity contribution in [1.82, 2.24) is 31.1 Å². The molecule has 1 aromatic carbocycles. The van der Waals surface area contributed by atoms with Gasteiger partial charge in [0.2, 0.25) is 5.82 Å². The molecule has 2 rings (SSSR count). The van der Waals surface area contributed by atoms with Crippen molar-refractivity contribution in [3.8, 4) is 0 Å². The Bertz CT molecular complexity index is 798. The zero-order valence-corrected chi connectivity index (χ0v) is 17.4. The van der Waals surface area contributed by atoms with Gasteiger partial charge in [0.25, 0.3) is 11.8 Å². The second-order valence-corrected chi connectivity index (χ2v) is 6.43. The number of aromatic amines is 1. The van der Waals surface area contributed by atoms with Crippen LogP contribution >= 0.6 is 0 Å². The maximum atomic E-state index is 11.6. The summed E-state index contributed by atoms with van der Waals surface area (Å²) in [5.74, 6) is -0.436. The summed E-state index contributed by atoms with van der Waals surface area (Å²) in [6.45, 7) is 4.63. The van der Waals surface area contributed by atoms with Gasteiger partial charge in [-0.1, -0.05) is 17.4 Å². The zero-order valence-electron chi connectivity index (χ0n) is 17.4. The highest BCUT2D eigenvalue weighted by Gasteiger charge is 2.09. The van der Waals surface area contributed by atoms with Gasteiger partial charge in [-0.05, 0) is 38.6 Å². The number of hydrogen-bond acceptors (Lipinski definition) is 7. The van der Waals surface area contributed by atoms with Crippen molar-refractivity contribution < 1.29 is 9.59 Å². The molecule has 0 aliphatic rings. The van der Waals surface area contributed by atoms with Crippen molar-refractivity contribution in [2.75, 3.05) is 21.1 Å². The number of rotatable bonds is 8. The number of nitrogens with two attached hydrogens (primary N) is 1. The first-order valence-electron chi connectivity index (χ1n) is 8.96. The number of hydrogen-bond donors (Lipinski definition) is 5. The van der Waals surface area contributed by atoms with Crippen molar-refractivity contribution in [1.29, 1.82) is 0 Å². The van der Waals surface area contributed by atoms with Crippen LogP contribution in [0, 0.1) is 0 Å². The number of carbonyl (C=O) groups excluding carboxylic acids is 2. The number of aromatic nitrogens is 2. The third-order valence-electron chi connectivity index (χ3n) is 3.29. The molecule has 0 spiro atoms. The van der Waals surface area contributed by atoms with E-state index in [-0.39, 0.29) is 23.5 Å². The molecule has 0 saturated carbocycles. The van der Waals surface area contributed by atoms with Crippen LogP contribution in [0.25, 0.3) is 0 Å². The van der Waals surface area contributed by atoms with E-state index in [0.717, 1.165) is 12.1 Å². The van der Waals surface area contributed by atoms with Crippen LogP contribution in [0.4, 0.5) is 5.82 Å². The molecular weight excluding hydrogens is 374 g/mol. The lowest BCUT2D eigenvalue weighted by atomic mass is 10.1. The van der Waals surface area contributed by atoms with Gasteiger partial charge in [0.15, 0.2) is 5.69 Å². The van der Waals surface area contributed by atoms with Crippen LogP contribution in [0.1, 0.15) is 40.3 Å². The predicted octanol–water partition coefficient (Wildman–Crippen LogP) is 1.12. The molecule has 158 valence electrons. The SMILES string of the molecule is CN(C)N=Nc1nc[nH]c1C(N)=O.CNNCc1ccc(C(=O)NC(C)C)cc1. The van der Waals surface area contributed by atoms with Gasteiger partial charge in [-0.15, -0.1) is 5.11 Å². The lowest BCUT2D eigenvalue weighted by molar-refractivity contribution is 0.0942. The van der Waals surface area contributed by atoms with Gasteiger partial charge in [0, 0.05) is 32.2 Å². The largest absolute Gasteiger partial charge is 0.364 e. The van der Waals surface area contributed by atoms with Crippen LogP contribution in [-0.4, -0.2) is 54.0 Å². The molecule has 29 heavy (non-hydrogen) atoms. The Morgan fingerprint density at radius 1 is 1.24 bits per heavy atom. The minimum absolute atomic E-state index is 0.0249. The van der Waals surface area contributed by atoms with Crippen LogP contribution in [0.3, 0.4) is 0 Å². The predicted molar refractivity (Wildman–Crippen MR) is 110 cm³/mol. The molecular formula is C18H29N9O2. The third kappa shape index (κ3) is 8.95. The second-order valence-electron chi connectivity index (χ2n) is 6.43. The zero-order chi connectivity index (χ0) is 21.8. The topological polar surface area (TPSA) is 153 Å². The van der Waals surface area contributed by atoms with Gasteiger partial charge in [0.1, 0.15) is 0 Å². The average molecular weight is 403 g/mol. The molecule has 11 nitrogen and oxygen atoms in total. The van der Waals surface area contributed by atoms with Crippen molar-refractivity contribution in [2.24, 2.45) is 16.1 Å². The summed E-state index contributed by atoms with van der Waals surface area (Å²) in [5, 5.41) is 11.7. The fourth-order valence-corrected chi connectivity index (χ4v) is 1.99. The number of H-pyrrole nitrogens is 1. The van der Waals surface area contributed by atoms with E-state index in [1.54, 1.807) is 14.1 Å². The minimum atomic E-state index is -0.606. The molecule has 0 saturated heterocycles. The van der Waals surface area contributed by atoms with Crippen molar-refractivity contribution >= 4 is 17.6 Å². The first-order valence-corrected chi connectivity index (χ1v) is 8.96. The van der Waals surface area contributed by atoms with Gasteiger partial charge < -0.3 is 16.0 Å². The number of benzene rings is 1. The highest BCUT2D eigenvalue weighted by atomic mass is 16.2. The van der Waals surface area contributed by atoms with E-state index in [2.05, 4.69) is 36.5 Å². The number of imidazole rings is 1. The molecule has 0 atom stereocenters. The van der Waals surface area contributed by atoms with Crippen molar-refractivity contribution in [3.63, 3.8) is 0 Å². The van der Waals surface area contributed by atoms with Crippen LogP contribution in [0.5, 0.6) is 0 Å². The van der Waals surface area contributed by atoms with Crippen LogP contribution in [0.15, 0.2) is 40.9 Å². The molecule has 6 N–H and O–H groups in total. The van der Waals surface area contributed by atoms with Crippen molar-refractivity contribution in [3.05, 3.63) is 47.4 Å². The Kier molecular flexibility index (Phi) is 9.99. The monoisotopic (exact) mass is 403 g/mol. The molecule has 0 radical (unpaired) electrons. The lowest BCUT2D eigenvalue weighted by Gasteiger charge is -2.09. The molecule has 2 aromatic rings. The van der Waals surface area contributed by atoms with E-state index in [9.17, 15) is 9.59 Å². The van der Waals surface area contributed by atoms with Crippen molar-refractivity contribution in [2.45, 2.75) is 26.4 Å².